The van der Waals surface area contributed by atoms with E-state index in [9.17, 15) is 14.0 Å². The van der Waals surface area contributed by atoms with E-state index in [0.717, 1.165) is 13.1 Å². The fourth-order valence-corrected chi connectivity index (χ4v) is 4.76. The Labute approximate surface area is 227 Å². The Bertz CT molecular complexity index is 1190. The zero-order valence-electron chi connectivity index (χ0n) is 22.6. The number of hydrogen-bond acceptors (Lipinski definition) is 8. The number of hydrazone groups is 1. The number of halogens is 1. The van der Waals surface area contributed by atoms with Gasteiger partial charge in [0, 0.05) is 56.9 Å². The fourth-order valence-electron chi connectivity index (χ4n) is 4.76. The Balaban J connectivity index is 1.61. The van der Waals surface area contributed by atoms with Crippen LogP contribution in [0, 0.1) is 5.82 Å². The summed E-state index contributed by atoms with van der Waals surface area (Å²) in [5, 5.41) is 5.94. The van der Waals surface area contributed by atoms with Crippen molar-refractivity contribution in [3.05, 3.63) is 59.4 Å². The Morgan fingerprint density at radius 3 is 2.56 bits per heavy atom. The summed E-state index contributed by atoms with van der Waals surface area (Å²) in [7, 11) is 4.54. The third-order valence-electron chi connectivity index (χ3n) is 6.89. The Morgan fingerprint density at radius 1 is 1.10 bits per heavy atom. The smallest absolute Gasteiger partial charge is 0.262 e. The zero-order valence-corrected chi connectivity index (χ0v) is 22.6. The predicted molar refractivity (Wildman–Crippen MR) is 142 cm³/mol. The van der Waals surface area contributed by atoms with E-state index in [2.05, 4.69) is 10.0 Å². The number of hydrogen-bond donors (Lipinski definition) is 0. The third-order valence-corrected chi connectivity index (χ3v) is 6.89. The monoisotopic (exact) mass is 542 g/mol. The van der Waals surface area contributed by atoms with Crippen LogP contribution in [0.3, 0.4) is 0 Å². The summed E-state index contributed by atoms with van der Waals surface area (Å²) in [5.74, 6) is -0.0190. The minimum Gasteiger partial charge on any atom is -0.497 e. The largest absolute Gasteiger partial charge is 0.497 e. The lowest BCUT2D eigenvalue weighted by molar-refractivity contribution is -0.144. The van der Waals surface area contributed by atoms with Gasteiger partial charge in [0.05, 0.1) is 39.2 Å². The number of methoxy groups -OCH3 is 3. The van der Waals surface area contributed by atoms with Crippen LogP contribution in [0.25, 0.3) is 0 Å². The average Bonchev–Trinajstić information content (AvgIpc) is 3.40. The predicted octanol–water partition coefficient (Wildman–Crippen LogP) is 2.33. The molecule has 0 unspecified atom stereocenters. The molecule has 0 saturated carbocycles. The molecule has 210 valence electrons. The van der Waals surface area contributed by atoms with E-state index in [1.54, 1.807) is 50.6 Å². The van der Waals surface area contributed by atoms with Crippen LogP contribution in [-0.2, 0) is 19.1 Å². The number of rotatable bonds is 11. The van der Waals surface area contributed by atoms with Gasteiger partial charge in [0.15, 0.2) is 0 Å². The van der Waals surface area contributed by atoms with Gasteiger partial charge in [-0.3, -0.25) is 14.5 Å². The third kappa shape index (κ3) is 6.92. The molecule has 2 amide bonds. The first-order valence-corrected chi connectivity index (χ1v) is 12.9. The molecule has 0 N–H and O–H groups in total. The summed E-state index contributed by atoms with van der Waals surface area (Å²) in [6, 6.07) is 11.0. The summed E-state index contributed by atoms with van der Waals surface area (Å²) < 4.78 is 36.3. The van der Waals surface area contributed by atoms with E-state index in [4.69, 9.17) is 18.9 Å². The van der Waals surface area contributed by atoms with Gasteiger partial charge in [0.2, 0.25) is 5.91 Å². The van der Waals surface area contributed by atoms with Crippen molar-refractivity contribution < 1.29 is 32.9 Å². The van der Waals surface area contributed by atoms with Gasteiger partial charge in [-0.1, -0.05) is 18.2 Å². The van der Waals surface area contributed by atoms with Gasteiger partial charge in [-0.15, -0.1) is 0 Å². The van der Waals surface area contributed by atoms with Crippen molar-refractivity contribution in [3.63, 3.8) is 0 Å². The van der Waals surface area contributed by atoms with Crippen LogP contribution in [0.4, 0.5) is 4.39 Å². The van der Waals surface area contributed by atoms with Gasteiger partial charge in [0.25, 0.3) is 5.91 Å². The lowest BCUT2D eigenvalue weighted by Crippen LogP contribution is -2.47. The maximum absolute atomic E-state index is 14.9. The molecule has 10 nitrogen and oxygen atoms in total. The van der Waals surface area contributed by atoms with Crippen molar-refractivity contribution >= 4 is 17.5 Å². The Morgan fingerprint density at radius 2 is 1.87 bits per heavy atom. The molecule has 1 saturated heterocycles. The highest BCUT2D eigenvalue weighted by Gasteiger charge is 2.36. The van der Waals surface area contributed by atoms with Gasteiger partial charge in [-0.05, 0) is 18.2 Å². The average molecular weight is 543 g/mol. The van der Waals surface area contributed by atoms with Crippen LogP contribution < -0.4 is 9.47 Å². The molecular weight excluding hydrogens is 507 g/mol. The molecule has 2 heterocycles. The highest BCUT2D eigenvalue weighted by molar-refractivity contribution is 6.05. The lowest BCUT2D eigenvalue weighted by atomic mass is 9.97. The molecule has 0 aliphatic carbocycles. The maximum atomic E-state index is 14.9. The van der Waals surface area contributed by atoms with Gasteiger partial charge in [0.1, 0.15) is 30.5 Å². The van der Waals surface area contributed by atoms with Gasteiger partial charge in [-0.25, -0.2) is 9.40 Å². The summed E-state index contributed by atoms with van der Waals surface area (Å²) in [4.78, 5) is 30.2. The highest BCUT2D eigenvalue weighted by atomic mass is 19.1. The van der Waals surface area contributed by atoms with Crippen LogP contribution in [0.15, 0.2) is 47.6 Å². The maximum Gasteiger partial charge on any atom is 0.262 e. The molecule has 0 radical (unpaired) electrons. The number of amides is 2. The van der Waals surface area contributed by atoms with Gasteiger partial charge in [-0.2, -0.15) is 5.10 Å². The highest BCUT2D eigenvalue weighted by Crippen LogP contribution is 2.37. The van der Waals surface area contributed by atoms with E-state index >= 15 is 0 Å². The number of carbonyl (C=O) groups is 2. The second-order valence-electron chi connectivity index (χ2n) is 9.29. The second-order valence-corrected chi connectivity index (χ2v) is 9.29. The van der Waals surface area contributed by atoms with Crippen molar-refractivity contribution in [2.45, 2.75) is 12.5 Å². The standard InChI is InChI=1S/C28H35FN4O6/c1-36-19-28(35)32(11-10-31-12-14-39-15-13-31)18-27(34)33-25(21-6-4-5-7-23(21)29)17-24(30-33)22-9-8-20(37-2)16-26(22)38-3/h4-9,16,25H,10-15,17-19H2,1-3H3/t25-/m1/s1. The van der Waals surface area contributed by atoms with E-state index in [-0.39, 0.29) is 25.5 Å². The SMILES string of the molecule is COCC(=O)N(CCN1CCOCC1)CC(=O)N1N=C(c2ccc(OC)cc2OC)C[C@@H]1c1ccccc1F. The first kappa shape index (κ1) is 28.5. The minimum absolute atomic E-state index is 0.148. The fraction of sp³-hybridized carbons (Fsp3) is 0.464. The lowest BCUT2D eigenvalue weighted by Gasteiger charge is -2.31. The van der Waals surface area contributed by atoms with Gasteiger partial charge >= 0.3 is 0 Å². The molecule has 2 aromatic carbocycles. The number of ether oxygens (including phenoxy) is 4. The first-order chi connectivity index (χ1) is 18.9. The van der Waals surface area contributed by atoms with Crippen LogP contribution in [0.5, 0.6) is 11.5 Å². The molecule has 0 aromatic heterocycles. The molecule has 2 aliphatic rings. The van der Waals surface area contributed by atoms with Crippen LogP contribution >= 0.6 is 0 Å². The van der Waals surface area contributed by atoms with E-state index in [1.165, 1.54) is 23.1 Å². The molecule has 1 fully saturated rings. The van der Waals surface area contributed by atoms with Gasteiger partial charge < -0.3 is 23.8 Å². The van der Waals surface area contributed by atoms with Crippen LogP contribution in [-0.4, -0.2) is 106 Å². The van der Waals surface area contributed by atoms with Crippen LogP contribution in [0.1, 0.15) is 23.6 Å². The number of morpholine rings is 1. The number of carbonyl (C=O) groups excluding carboxylic acids is 2. The summed E-state index contributed by atoms with van der Waals surface area (Å²) in [6.45, 7) is 3.37. The molecule has 2 aliphatic heterocycles. The zero-order chi connectivity index (χ0) is 27.8. The minimum atomic E-state index is -0.681. The van der Waals surface area contributed by atoms with E-state index in [1.807, 2.05) is 0 Å². The topological polar surface area (TPSA) is 93.1 Å². The van der Waals surface area contributed by atoms with E-state index in [0.29, 0.717) is 54.6 Å². The number of benzene rings is 2. The van der Waals surface area contributed by atoms with Crippen molar-refractivity contribution in [2.24, 2.45) is 5.10 Å². The molecule has 1 atom stereocenters. The molecular formula is C28H35FN4O6. The molecule has 39 heavy (non-hydrogen) atoms. The molecule has 0 spiro atoms. The van der Waals surface area contributed by atoms with Crippen molar-refractivity contribution in [2.75, 3.05) is 73.9 Å². The first-order valence-electron chi connectivity index (χ1n) is 12.9. The molecule has 0 bridgehead atoms. The number of nitrogens with zero attached hydrogens (tertiary/aromatic N) is 4. The normalized spacial score (nSPS) is 17.6. The summed E-state index contributed by atoms with van der Waals surface area (Å²) >= 11 is 0. The Kier molecular flexibility index (Phi) is 9.85. The summed E-state index contributed by atoms with van der Waals surface area (Å²) in [6.07, 6.45) is 0.273. The molecule has 11 heteroatoms. The quantitative estimate of drug-likeness (QED) is 0.430. The molecule has 4 rings (SSSR count). The van der Waals surface area contributed by atoms with Crippen molar-refractivity contribution in [1.82, 2.24) is 14.8 Å². The van der Waals surface area contributed by atoms with Crippen molar-refractivity contribution in [1.29, 1.82) is 0 Å². The second kappa shape index (κ2) is 13.5. The van der Waals surface area contributed by atoms with Crippen LogP contribution in [0.2, 0.25) is 0 Å². The van der Waals surface area contributed by atoms with Crippen molar-refractivity contribution in [3.8, 4) is 11.5 Å². The van der Waals surface area contributed by atoms with E-state index < -0.39 is 17.8 Å². The molecule has 2 aromatic rings. The Hall–Kier alpha value is -3.54. The summed E-state index contributed by atoms with van der Waals surface area (Å²) in [5.41, 5.74) is 1.59.